The molecule has 1 N–H and O–H groups in total. The second kappa shape index (κ2) is 6.75. The van der Waals surface area contributed by atoms with Gasteiger partial charge in [-0.1, -0.05) is 26.8 Å². The summed E-state index contributed by atoms with van der Waals surface area (Å²) in [6, 6.07) is 9.34. The molecular weight excluding hydrogens is 316 g/mol. The number of hydrogen-bond donors (Lipinski definition) is 1. The van der Waals surface area contributed by atoms with E-state index >= 15 is 0 Å². The SMILES string of the molecule is CC(C)(C)CC(=O)Nc1ccc2c(c1)CN(C(=O)c1ccco1)CC2. The first-order valence-electron chi connectivity index (χ1n) is 8.56. The van der Waals surface area contributed by atoms with Crippen molar-refractivity contribution >= 4 is 17.5 Å². The Morgan fingerprint density at radius 2 is 2.00 bits per heavy atom. The van der Waals surface area contributed by atoms with Crippen LogP contribution in [0.5, 0.6) is 0 Å². The summed E-state index contributed by atoms with van der Waals surface area (Å²) in [4.78, 5) is 26.4. The van der Waals surface area contributed by atoms with Crippen molar-refractivity contribution in [2.45, 2.75) is 40.2 Å². The molecule has 0 saturated carbocycles. The van der Waals surface area contributed by atoms with E-state index in [2.05, 4.69) is 5.32 Å². The number of hydrogen-bond acceptors (Lipinski definition) is 3. The van der Waals surface area contributed by atoms with Gasteiger partial charge in [0.05, 0.1) is 6.26 Å². The maximum atomic E-state index is 12.5. The highest BCUT2D eigenvalue weighted by molar-refractivity contribution is 5.92. The van der Waals surface area contributed by atoms with Gasteiger partial charge in [0.1, 0.15) is 0 Å². The lowest BCUT2D eigenvalue weighted by Crippen LogP contribution is -2.35. The number of carbonyl (C=O) groups is 2. The highest BCUT2D eigenvalue weighted by Crippen LogP contribution is 2.25. The Balaban J connectivity index is 1.71. The summed E-state index contributed by atoms with van der Waals surface area (Å²) in [5, 5.41) is 2.96. The third-order valence-corrected chi connectivity index (χ3v) is 4.21. The molecule has 0 fully saturated rings. The van der Waals surface area contributed by atoms with Crippen molar-refractivity contribution in [3.05, 3.63) is 53.5 Å². The minimum atomic E-state index is -0.0992. The molecule has 2 aromatic rings. The molecule has 0 aliphatic carbocycles. The number of fused-ring (bicyclic) bond motifs is 1. The monoisotopic (exact) mass is 340 g/mol. The zero-order chi connectivity index (χ0) is 18.0. The summed E-state index contributed by atoms with van der Waals surface area (Å²) in [5.41, 5.74) is 3.02. The molecule has 25 heavy (non-hydrogen) atoms. The molecule has 0 spiro atoms. The zero-order valence-electron chi connectivity index (χ0n) is 15.0. The summed E-state index contributed by atoms with van der Waals surface area (Å²) < 4.78 is 5.21. The molecule has 1 aliphatic rings. The first kappa shape index (κ1) is 17.3. The molecule has 1 aromatic carbocycles. The Hall–Kier alpha value is -2.56. The zero-order valence-corrected chi connectivity index (χ0v) is 15.0. The van der Waals surface area contributed by atoms with Gasteiger partial charge in [-0.2, -0.15) is 0 Å². The van der Waals surface area contributed by atoms with Gasteiger partial charge in [-0.15, -0.1) is 0 Å². The van der Waals surface area contributed by atoms with Gasteiger partial charge in [0, 0.05) is 25.2 Å². The van der Waals surface area contributed by atoms with Crippen LogP contribution in [0.25, 0.3) is 0 Å². The smallest absolute Gasteiger partial charge is 0.289 e. The van der Waals surface area contributed by atoms with Gasteiger partial charge in [-0.05, 0) is 47.2 Å². The first-order chi connectivity index (χ1) is 11.8. The third-order valence-electron chi connectivity index (χ3n) is 4.21. The second-order valence-electron chi connectivity index (χ2n) is 7.72. The number of nitrogens with one attached hydrogen (secondary N) is 1. The summed E-state index contributed by atoms with van der Waals surface area (Å²) in [6.45, 7) is 7.31. The quantitative estimate of drug-likeness (QED) is 0.923. The summed E-state index contributed by atoms with van der Waals surface area (Å²) >= 11 is 0. The van der Waals surface area contributed by atoms with E-state index in [1.165, 1.54) is 11.8 Å². The van der Waals surface area contributed by atoms with Gasteiger partial charge in [0.2, 0.25) is 5.91 Å². The van der Waals surface area contributed by atoms with E-state index in [4.69, 9.17) is 4.42 Å². The number of benzene rings is 1. The Bertz CT molecular complexity index is 773. The Kier molecular flexibility index (Phi) is 4.66. The van der Waals surface area contributed by atoms with Crippen LogP contribution in [-0.4, -0.2) is 23.3 Å². The molecular formula is C20H24N2O3. The highest BCUT2D eigenvalue weighted by Gasteiger charge is 2.24. The van der Waals surface area contributed by atoms with Gasteiger partial charge in [0.15, 0.2) is 5.76 Å². The molecule has 5 heteroatoms. The van der Waals surface area contributed by atoms with Gasteiger partial charge in [0.25, 0.3) is 5.91 Å². The fourth-order valence-electron chi connectivity index (χ4n) is 3.05. The maximum absolute atomic E-state index is 12.5. The molecule has 0 radical (unpaired) electrons. The number of furan rings is 1. The topological polar surface area (TPSA) is 62.6 Å². The minimum absolute atomic E-state index is 0.00628. The molecule has 5 nitrogen and oxygen atoms in total. The predicted molar refractivity (Wildman–Crippen MR) is 96.3 cm³/mol. The van der Waals surface area contributed by atoms with Crippen LogP contribution in [0, 0.1) is 5.41 Å². The summed E-state index contributed by atoms with van der Waals surface area (Å²) in [6.07, 6.45) is 2.78. The Morgan fingerprint density at radius 1 is 1.20 bits per heavy atom. The molecule has 132 valence electrons. The van der Waals surface area contributed by atoms with Crippen molar-refractivity contribution in [1.29, 1.82) is 0 Å². The van der Waals surface area contributed by atoms with Crippen molar-refractivity contribution in [1.82, 2.24) is 4.90 Å². The molecule has 0 unspecified atom stereocenters. The van der Waals surface area contributed by atoms with Crippen molar-refractivity contribution < 1.29 is 14.0 Å². The molecule has 2 heterocycles. The lowest BCUT2D eigenvalue weighted by Gasteiger charge is -2.28. The van der Waals surface area contributed by atoms with E-state index in [0.717, 1.165) is 17.7 Å². The number of amides is 2. The van der Waals surface area contributed by atoms with E-state index in [9.17, 15) is 9.59 Å². The fourth-order valence-corrected chi connectivity index (χ4v) is 3.05. The van der Waals surface area contributed by atoms with E-state index in [1.54, 1.807) is 17.0 Å². The third kappa shape index (κ3) is 4.29. The average Bonchev–Trinajstić information content (AvgIpc) is 3.06. The van der Waals surface area contributed by atoms with Crippen molar-refractivity contribution in [3.63, 3.8) is 0 Å². The molecule has 1 aliphatic heterocycles. The molecule has 2 amide bonds. The van der Waals surface area contributed by atoms with Crippen LogP contribution in [-0.2, 0) is 17.8 Å². The molecule has 3 rings (SSSR count). The van der Waals surface area contributed by atoms with E-state index < -0.39 is 0 Å². The summed E-state index contributed by atoms with van der Waals surface area (Å²) in [5.74, 6) is 0.266. The Morgan fingerprint density at radius 3 is 2.68 bits per heavy atom. The molecule has 0 saturated heterocycles. The highest BCUT2D eigenvalue weighted by atomic mass is 16.3. The molecule has 1 aromatic heterocycles. The lowest BCUT2D eigenvalue weighted by atomic mass is 9.92. The number of rotatable bonds is 3. The van der Waals surface area contributed by atoms with Crippen LogP contribution in [0.1, 0.15) is 48.9 Å². The second-order valence-corrected chi connectivity index (χ2v) is 7.72. The normalized spacial score (nSPS) is 14.1. The number of carbonyl (C=O) groups excluding carboxylic acids is 2. The van der Waals surface area contributed by atoms with Crippen LogP contribution in [0.2, 0.25) is 0 Å². The average molecular weight is 340 g/mol. The maximum Gasteiger partial charge on any atom is 0.289 e. The molecule has 0 bridgehead atoms. The lowest BCUT2D eigenvalue weighted by molar-refractivity contribution is -0.117. The van der Waals surface area contributed by atoms with Crippen LogP contribution < -0.4 is 5.32 Å². The van der Waals surface area contributed by atoms with Crippen LogP contribution in [0.15, 0.2) is 41.0 Å². The van der Waals surface area contributed by atoms with Gasteiger partial charge in [-0.25, -0.2) is 0 Å². The fraction of sp³-hybridized carbons (Fsp3) is 0.400. The van der Waals surface area contributed by atoms with Gasteiger partial charge < -0.3 is 14.6 Å². The van der Waals surface area contributed by atoms with E-state index in [1.807, 2.05) is 39.0 Å². The summed E-state index contributed by atoms with van der Waals surface area (Å²) in [7, 11) is 0. The van der Waals surface area contributed by atoms with Crippen molar-refractivity contribution in [3.8, 4) is 0 Å². The van der Waals surface area contributed by atoms with E-state index in [-0.39, 0.29) is 17.2 Å². The van der Waals surface area contributed by atoms with Gasteiger partial charge in [-0.3, -0.25) is 9.59 Å². The van der Waals surface area contributed by atoms with Gasteiger partial charge >= 0.3 is 0 Å². The largest absolute Gasteiger partial charge is 0.459 e. The minimum Gasteiger partial charge on any atom is -0.459 e. The van der Waals surface area contributed by atoms with Crippen LogP contribution >= 0.6 is 0 Å². The Labute approximate surface area is 148 Å². The van der Waals surface area contributed by atoms with Crippen LogP contribution in [0.3, 0.4) is 0 Å². The van der Waals surface area contributed by atoms with E-state index in [0.29, 0.717) is 25.3 Å². The standard InChI is InChI=1S/C20H24N2O3/c1-20(2,3)12-18(23)21-16-7-6-14-8-9-22(13-15(14)11-16)19(24)17-5-4-10-25-17/h4-7,10-11H,8-9,12-13H2,1-3H3,(H,21,23). The molecule has 0 atom stereocenters. The van der Waals surface area contributed by atoms with Crippen molar-refractivity contribution in [2.75, 3.05) is 11.9 Å². The number of nitrogens with zero attached hydrogens (tertiary/aromatic N) is 1. The predicted octanol–water partition coefficient (Wildman–Crippen LogP) is 3.85. The van der Waals surface area contributed by atoms with Crippen molar-refractivity contribution in [2.24, 2.45) is 5.41 Å². The first-order valence-corrected chi connectivity index (χ1v) is 8.56. The number of anilines is 1. The van der Waals surface area contributed by atoms with Crippen LogP contribution in [0.4, 0.5) is 5.69 Å².